The summed E-state index contributed by atoms with van der Waals surface area (Å²) in [5.74, 6) is -0.576. The lowest BCUT2D eigenvalue weighted by atomic mass is 10.1. The van der Waals surface area contributed by atoms with Crippen LogP contribution in [0.5, 0.6) is 5.88 Å². The first kappa shape index (κ1) is 20.4. The van der Waals surface area contributed by atoms with E-state index in [2.05, 4.69) is 14.9 Å². The van der Waals surface area contributed by atoms with Crippen molar-refractivity contribution in [3.63, 3.8) is 0 Å². The van der Waals surface area contributed by atoms with E-state index in [0.717, 1.165) is 31.6 Å². The van der Waals surface area contributed by atoms with Crippen LogP contribution in [0.1, 0.15) is 36.8 Å². The van der Waals surface area contributed by atoms with Crippen LogP contribution in [-0.4, -0.2) is 52.0 Å². The van der Waals surface area contributed by atoms with E-state index in [1.54, 1.807) is 12.1 Å². The van der Waals surface area contributed by atoms with Gasteiger partial charge in [-0.2, -0.15) is 0 Å². The number of hydrogen-bond donors (Lipinski definition) is 2. The summed E-state index contributed by atoms with van der Waals surface area (Å²) >= 11 is 5.16. The molecule has 0 aliphatic carbocycles. The molecule has 8 heteroatoms. The van der Waals surface area contributed by atoms with E-state index in [1.165, 1.54) is 42.2 Å². The summed E-state index contributed by atoms with van der Waals surface area (Å²) in [4.78, 5) is 21.5. The third kappa shape index (κ3) is 5.36. The molecule has 0 radical (unpaired) electrons. The van der Waals surface area contributed by atoms with Gasteiger partial charge in [0.2, 0.25) is 5.88 Å². The van der Waals surface area contributed by atoms with Crippen LogP contribution in [0.2, 0.25) is 0 Å². The number of aromatic nitrogens is 2. The molecular formula is C20H25FN4O2S. The summed E-state index contributed by atoms with van der Waals surface area (Å²) in [6.45, 7) is 4.09. The van der Waals surface area contributed by atoms with E-state index >= 15 is 0 Å². The Bertz CT molecular complexity index is 931. The van der Waals surface area contributed by atoms with Crippen molar-refractivity contribution in [1.29, 1.82) is 0 Å². The highest BCUT2D eigenvalue weighted by Crippen LogP contribution is 2.15. The molecule has 2 heterocycles. The maximum Gasteiger partial charge on any atom is 0.264 e. The van der Waals surface area contributed by atoms with Crippen molar-refractivity contribution in [2.75, 3.05) is 26.2 Å². The lowest BCUT2D eigenvalue weighted by Crippen LogP contribution is -2.30. The maximum absolute atomic E-state index is 13.1. The van der Waals surface area contributed by atoms with Crippen molar-refractivity contribution in [1.82, 2.24) is 14.5 Å². The number of aromatic amines is 1. The van der Waals surface area contributed by atoms with Gasteiger partial charge in [-0.3, -0.25) is 19.3 Å². The van der Waals surface area contributed by atoms with Crippen molar-refractivity contribution >= 4 is 18.4 Å². The first-order valence-corrected chi connectivity index (χ1v) is 9.98. The predicted molar refractivity (Wildman–Crippen MR) is 110 cm³/mol. The highest BCUT2D eigenvalue weighted by atomic mass is 32.1. The number of aliphatic imine (C=N–C) groups is 1. The normalized spacial score (nSPS) is 15.3. The van der Waals surface area contributed by atoms with Crippen LogP contribution in [0.15, 0.2) is 34.1 Å². The van der Waals surface area contributed by atoms with Crippen LogP contribution in [-0.2, 0) is 6.54 Å². The minimum Gasteiger partial charge on any atom is -0.494 e. The van der Waals surface area contributed by atoms with Crippen LogP contribution in [0.25, 0.3) is 0 Å². The Labute approximate surface area is 168 Å². The number of nitrogens with one attached hydrogen (secondary N) is 1. The summed E-state index contributed by atoms with van der Waals surface area (Å²) < 4.78 is 14.6. The fraction of sp³-hybridized carbons (Fsp3) is 0.450. The zero-order valence-corrected chi connectivity index (χ0v) is 16.6. The Morgan fingerprint density at radius 1 is 1.21 bits per heavy atom. The molecular weight excluding hydrogens is 379 g/mol. The number of piperidine rings is 1. The standard InChI is InChI=1S/C20H25FN4O2S/c21-16-7-5-15(6-8-16)14-25-19(27)17(18(26)23-20(25)28)13-22-9-4-12-24-10-2-1-3-11-24/h5-8,13,27H,1-4,9-12,14H2,(H,23,26,28). The molecule has 1 fully saturated rings. The molecule has 28 heavy (non-hydrogen) atoms. The second kappa shape index (κ2) is 9.75. The number of aromatic hydroxyl groups is 1. The van der Waals surface area contributed by atoms with Crippen molar-refractivity contribution in [3.8, 4) is 5.88 Å². The third-order valence-electron chi connectivity index (χ3n) is 4.89. The van der Waals surface area contributed by atoms with Gasteiger partial charge in [-0.05, 0) is 68.8 Å². The molecule has 1 aliphatic heterocycles. The van der Waals surface area contributed by atoms with E-state index in [-0.39, 0.29) is 28.6 Å². The van der Waals surface area contributed by atoms with Gasteiger partial charge in [-0.15, -0.1) is 0 Å². The molecule has 0 bridgehead atoms. The van der Waals surface area contributed by atoms with Gasteiger partial charge in [0, 0.05) is 12.8 Å². The van der Waals surface area contributed by atoms with Gasteiger partial charge >= 0.3 is 0 Å². The molecule has 1 saturated heterocycles. The summed E-state index contributed by atoms with van der Waals surface area (Å²) in [5.41, 5.74) is 0.357. The van der Waals surface area contributed by atoms with Crippen molar-refractivity contribution in [3.05, 3.63) is 56.3 Å². The molecule has 2 N–H and O–H groups in total. The average molecular weight is 405 g/mol. The monoisotopic (exact) mass is 404 g/mol. The summed E-state index contributed by atoms with van der Waals surface area (Å²) in [6, 6.07) is 5.89. The molecule has 1 aromatic carbocycles. The lowest BCUT2D eigenvalue weighted by Gasteiger charge is -2.25. The van der Waals surface area contributed by atoms with Crippen LogP contribution in [0.4, 0.5) is 4.39 Å². The van der Waals surface area contributed by atoms with Gasteiger partial charge in [0.05, 0.1) is 6.54 Å². The molecule has 0 spiro atoms. The largest absolute Gasteiger partial charge is 0.494 e. The minimum absolute atomic E-state index is 0.0775. The number of nitrogens with zero attached hydrogens (tertiary/aromatic N) is 3. The number of hydrogen-bond acceptors (Lipinski definition) is 5. The molecule has 1 aromatic heterocycles. The van der Waals surface area contributed by atoms with Crippen LogP contribution < -0.4 is 5.56 Å². The summed E-state index contributed by atoms with van der Waals surface area (Å²) in [7, 11) is 0. The van der Waals surface area contributed by atoms with Gasteiger partial charge in [0.1, 0.15) is 11.4 Å². The predicted octanol–water partition coefficient (Wildman–Crippen LogP) is 3.09. The highest BCUT2D eigenvalue weighted by Gasteiger charge is 2.12. The van der Waals surface area contributed by atoms with E-state index in [9.17, 15) is 14.3 Å². The Kier molecular flexibility index (Phi) is 7.11. The number of rotatable bonds is 7. The SMILES string of the molecule is O=c1[nH]c(=S)n(Cc2ccc(F)cc2)c(O)c1C=NCCCN1CCCCC1. The smallest absolute Gasteiger partial charge is 0.264 e. The van der Waals surface area contributed by atoms with Crippen molar-refractivity contribution in [2.45, 2.75) is 32.2 Å². The van der Waals surface area contributed by atoms with E-state index in [1.807, 2.05) is 0 Å². The molecule has 1 aliphatic rings. The van der Waals surface area contributed by atoms with Crippen molar-refractivity contribution in [2.24, 2.45) is 4.99 Å². The topological polar surface area (TPSA) is 73.6 Å². The van der Waals surface area contributed by atoms with E-state index in [0.29, 0.717) is 6.54 Å². The molecule has 0 saturated carbocycles. The quantitative estimate of drug-likeness (QED) is 0.423. The van der Waals surface area contributed by atoms with Gasteiger partial charge in [-0.1, -0.05) is 18.6 Å². The molecule has 0 unspecified atom stereocenters. The fourth-order valence-corrected chi connectivity index (χ4v) is 3.58. The van der Waals surface area contributed by atoms with Gasteiger partial charge in [-0.25, -0.2) is 4.39 Å². The third-order valence-corrected chi connectivity index (χ3v) is 5.21. The van der Waals surface area contributed by atoms with Gasteiger partial charge in [0.15, 0.2) is 4.77 Å². The number of likely N-dealkylation sites (tertiary alicyclic amines) is 1. The Hall–Kier alpha value is -2.32. The number of halogens is 1. The molecule has 6 nitrogen and oxygen atoms in total. The maximum atomic E-state index is 13.1. The van der Waals surface area contributed by atoms with E-state index in [4.69, 9.17) is 12.2 Å². The number of benzene rings is 1. The second-order valence-electron chi connectivity index (χ2n) is 7.00. The van der Waals surface area contributed by atoms with Gasteiger partial charge < -0.3 is 10.0 Å². The molecule has 2 aromatic rings. The lowest BCUT2D eigenvalue weighted by molar-refractivity contribution is 0.228. The van der Waals surface area contributed by atoms with Gasteiger partial charge in [0.25, 0.3) is 5.56 Å². The zero-order chi connectivity index (χ0) is 19.9. The van der Waals surface area contributed by atoms with Crippen LogP contribution in [0, 0.1) is 10.6 Å². The minimum atomic E-state index is -0.474. The second-order valence-corrected chi connectivity index (χ2v) is 7.39. The molecule has 150 valence electrons. The zero-order valence-electron chi connectivity index (χ0n) is 15.7. The van der Waals surface area contributed by atoms with Crippen LogP contribution >= 0.6 is 12.2 Å². The Morgan fingerprint density at radius 2 is 1.93 bits per heavy atom. The fourth-order valence-electron chi connectivity index (χ4n) is 3.33. The molecule has 0 amide bonds. The van der Waals surface area contributed by atoms with Crippen LogP contribution in [0.3, 0.4) is 0 Å². The summed E-state index contributed by atoms with van der Waals surface area (Å²) in [5, 5.41) is 10.5. The number of H-pyrrole nitrogens is 1. The Morgan fingerprint density at radius 3 is 2.64 bits per heavy atom. The van der Waals surface area contributed by atoms with Crippen molar-refractivity contribution < 1.29 is 9.50 Å². The van der Waals surface area contributed by atoms with E-state index < -0.39 is 5.56 Å². The summed E-state index contributed by atoms with van der Waals surface area (Å²) in [6.07, 6.45) is 6.14. The Balaban J connectivity index is 1.67. The molecule has 0 atom stereocenters. The highest BCUT2D eigenvalue weighted by molar-refractivity contribution is 7.71. The first-order chi connectivity index (χ1) is 13.5. The first-order valence-electron chi connectivity index (χ1n) is 9.57. The molecule has 3 rings (SSSR count). The average Bonchev–Trinajstić information content (AvgIpc) is 2.69.